The summed E-state index contributed by atoms with van der Waals surface area (Å²) < 4.78 is 5.37. The van der Waals surface area contributed by atoms with E-state index in [9.17, 15) is 24.5 Å². The predicted octanol–water partition coefficient (Wildman–Crippen LogP) is 3.16. The molecule has 1 aliphatic carbocycles. The Morgan fingerprint density at radius 1 is 1.09 bits per heavy atom. The first-order chi connectivity index (χ1) is 15.3. The molecule has 1 aliphatic heterocycles. The number of nitro groups is 1. The summed E-state index contributed by atoms with van der Waals surface area (Å²) in [6.45, 7) is 1.47. The molecule has 0 bridgehead atoms. The van der Waals surface area contributed by atoms with Crippen LogP contribution in [0.3, 0.4) is 0 Å². The van der Waals surface area contributed by atoms with Crippen molar-refractivity contribution in [1.29, 1.82) is 0 Å². The second-order valence-corrected chi connectivity index (χ2v) is 8.31. The summed E-state index contributed by atoms with van der Waals surface area (Å²) in [5.74, 6) is -0.501. The van der Waals surface area contributed by atoms with E-state index in [1.165, 1.54) is 35.9 Å². The van der Waals surface area contributed by atoms with Crippen molar-refractivity contribution < 1.29 is 18.9 Å². The zero-order valence-corrected chi connectivity index (χ0v) is 17.2. The van der Waals surface area contributed by atoms with Gasteiger partial charge in [0, 0.05) is 23.6 Å². The molecule has 9 heteroatoms. The van der Waals surface area contributed by atoms with Crippen molar-refractivity contribution in [3.8, 4) is 0 Å². The van der Waals surface area contributed by atoms with E-state index in [1.807, 2.05) is 12.1 Å². The van der Waals surface area contributed by atoms with Gasteiger partial charge < -0.3 is 9.73 Å². The first-order valence-corrected chi connectivity index (χ1v) is 10.2. The second-order valence-electron chi connectivity index (χ2n) is 8.31. The van der Waals surface area contributed by atoms with Gasteiger partial charge >= 0.3 is 11.7 Å². The van der Waals surface area contributed by atoms with Gasteiger partial charge in [-0.15, -0.1) is 0 Å². The molecular formula is C23H19N3O6. The first-order valence-electron chi connectivity index (χ1n) is 10.2. The molecule has 1 saturated heterocycles. The van der Waals surface area contributed by atoms with Crippen LogP contribution in [0.25, 0.3) is 11.0 Å². The summed E-state index contributed by atoms with van der Waals surface area (Å²) in [5, 5.41) is 14.3. The van der Waals surface area contributed by atoms with Crippen LogP contribution in [0.4, 0.5) is 10.5 Å². The molecule has 2 heterocycles. The van der Waals surface area contributed by atoms with Crippen LogP contribution in [-0.2, 0) is 29.7 Å². The van der Waals surface area contributed by atoms with E-state index >= 15 is 0 Å². The van der Waals surface area contributed by atoms with E-state index in [2.05, 4.69) is 5.32 Å². The average molecular weight is 433 g/mol. The van der Waals surface area contributed by atoms with E-state index < -0.39 is 28.0 Å². The Balaban J connectivity index is 1.51. The van der Waals surface area contributed by atoms with Gasteiger partial charge in [0.1, 0.15) is 11.1 Å². The van der Waals surface area contributed by atoms with E-state index in [1.54, 1.807) is 6.92 Å². The highest BCUT2D eigenvalue weighted by Gasteiger charge is 2.49. The third-order valence-corrected chi connectivity index (χ3v) is 6.30. The number of rotatable bonds is 4. The monoisotopic (exact) mass is 433 g/mol. The number of fused-ring (bicyclic) bond motifs is 2. The number of hydrogen-bond donors (Lipinski definition) is 1. The number of nitrogens with one attached hydrogen (secondary N) is 1. The maximum atomic E-state index is 13.3. The van der Waals surface area contributed by atoms with Crippen LogP contribution in [0.1, 0.15) is 35.6 Å². The maximum absolute atomic E-state index is 13.3. The van der Waals surface area contributed by atoms with Crippen LogP contribution in [0.15, 0.2) is 51.7 Å². The van der Waals surface area contributed by atoms with Crippen LogP contribution in [0.5, 0.6) is 0 Å². The van der Waals surface area contributed by atoms with Gasteiger partial charge in [-0.25, -0.2) is 9.59 Å². The summed E-state index contributed by atoms with van der Waals surface area (Å²) in [4.78, 5) is 49.6. The van der Waals surface area contributed by atoms with Gasteiger partial charge in [0.05, 0.1) is 11.5 Å². The molecule has 3 aromatic rings. The first kappa shape index (κ1) is 19.9. The number of urea groups is 1. The molecule has 0 saturated carbocycles. The molecule has 2 aromatic carbocycles. The molecule has 9 nitrogen and oxygen atoms in total. The minimum Gasteiger partial charge on any atom is -0.423 e. The summed E-state index contributed by atoms with van der Waals surface area (Å²) in [5.41, 5.74) is 1.71. The average Bonchev–Trinajstić information content (AvgIpc) is 3.30. The number of carbonyl (C=O) groups excluding carboxylic acids is 2. The molecular weight excluding hydrogens is 414 g/mol. The fourth-order valence-electron chi connectivity index (χ4n) is 4.55. The van der Waals surface area contributed by atoms with Crippen LogP contribution >= 0.6 is 0 Å². The molecule has 1 aromatic heterocycles. The van der Waals surface area contributed by atoms with Gasteiger partial charge in [-0.3, -0.25) is 19.8 Å². The lowest BCUT2D eigenvalue weighted by molar-refractivity contribution is -0.384. The number of imide groups is 1. The second kappa shape index (κ2) is 7.01. The van der Waals surface area contributed by atoms with Crippen molar-refractivity contribution in [2.24, 2.45) is 0 Å². The Kier molecular flexibility index (Phi) is 4.37. The highest BCUT2D eigenvalue weighted by Crippen LogP contribution is 2.33. The number of nitro benzene ring substituents is 1. The Morgan fingerprint density at radius 3 is 2.47 bits per heavy atom. The van der Waals surface area contributed by atoms with Gasteiger partial charge in [-0.2, -0.15) is 0 Å². The van der Waals surface area contributed by atoms with Crippen molar-refractivity contribution in [3.63, 3.8) is 0 Å². The van der Waals surface area contributed by atoms with Crippen molar-refractivity contribution in [2.45, 2.75) is 38.3 Å². The lowest BCUT2D eigenvalue weighted by Gasteiger charge is -2.22. The molecule has 1 atom stereocenters. The molecule has 1 unspecified atom stereocenters. The summed E-state index contributed by atoms with van der Waals surface area (Å²) in [6, 6.07) is 10.0. The van der Waals surface area contributed by atoms with Gasteiger partial charge in [0.2, 0.25) is 0 Å². The number of aryl methyl sites for hydroxylation is 2. The van der Waals surface area contributed by atoms with Crippen molar-refractivity contribution in [3.05, 3.63) is 85.3 Å². The van der Waals surface area contributed by atoms with Gasteiger partial charge in [-0.05, 0) is 72.7 Å². The lowest BCUT2D eigenvalue weighted by atomic mass is 9.92. The predicted molar refractivity (Wildman–Crippen MR) is 114 cm³/mol. The van der Waals surface area contributed by atoms with Crippen molar-refractivity contribution in [2.75, 3.05) is 0 Å². The van der Waals surface area contributed by atoms with E-state index in [0.717, 1.165) is 29.7 Å². The van der Waals surface area contributed by atoms with E-state index in [4.69, 9.17) is 4.42 Å². The quantitative estimate of drug-likeness (QED) is 0.292. The zero-order chi connectivity index (χ0) is 22.6. The number of amides is 3. The normalized spacial score (nSPS) is 20.0. The summed E-state index contributed by atoms with van der Waals surface area (Å²) in [6.07, 6.45) is 2.90. The van der Waals surface area contributed by atoms with Crippen LogP contribution in [0.2, 0.25) is 0 Å². The minimum atomic E-state index is -1.37. The smallest absolute Gasteiger partial charge is 0.336 e. The van der Waals surface area contributed by atoms with Gasteiger partial charge in [0.15, 0.2) is 0 Å². The summed E-state index contributed by atoms with van der Waals surface area (Å²) >= 11 is 0. The molecule has 5 rings (SSSR count). The van der Waals surface area contributed by atoms with Gasteiger partial charge in [0.25, 0.3) is 11.6 Å². The molecule has 32 heavy (non-hydrogen) atoms. The van der Waals surface area contributed by atoms with Crippen LogP contribution in [-0.4, -0.2) is 21.8 Å². The molecule has 0 spiro atoms. The third kappa shape index (κ3) is 3.05. The van der Waals surface area contributed by atoms with Gasteiger partial charge in [-0.1, -0.05) is 0 Å². The maximum Gasteiger partial charge on any atom is 0.336 e. The number of nitrogens with zero attached hydrogens (tertiary/aromatic N) is 2. The number of hydrogen-bond acceptors (Lipinski definition) is 6. The van der Waals surface area contributed by atoms with E-state index in [0.29, 0.717) is 22.1 Å². The number of benzene rings is 2. The topological polar surface area (TPSA) is 123 Å². The number of carbonyl (C=O) groups is 2. The zero-order valence-electron chi connectivity index (χ0n) is 17.2. The highest BCUT2D eigenvalue weighted by molar-refractivity contribution is 6.07. The SMILES string of the molecule is CC1(c2ccc([N+](=O)[O-])cc2)NC(=O)N(Cc2cc(=O)oc3cc4c(cc23)CCC4)C1=O. The van der Waals surface area contributed by atoms with Crippen molar-refractivity contribution in [1.82, 2.24) is 10.2 Å². The Bertz CT molecular complexity index is 1360. The Hall–Kier alpha value is -4.01. The molecule has 3 amide bonds. The van der Waals surface area contributed by atoms with Crippen molar-refractivity contribution >= 4 is 28.6 Å². The standard InChI is InChI=1S/C23H19N3O6/c1-23(16-5-7-17(8-6-16)26(30)31)21(28)25(22(29)24-23)12-15-11-20(27)32-19-10-14-4-2-3-13(14)9-18(15)19/h5-11H,2-4,12H2,1H3,(H,24,29). The van der Waals surface area contributed by atoms with Crippen LogP contribution in [0, 0.1) is 10.1 Å². The van der Waals surface area contributed by atoms with Crippen LogP contribution < -0.4 is 10.9 Å². The molecule has 1 fully saturated rings. The fraction of sp³-hybridized carbons (Fsp3) is 0.261. The largest absolute Gasteiger partial charge is 0.423 e. The van der Waals surface area contributed by atoms with E-state index in [-0.39, 0.29) is 12.2 Å². The Labute approximate surface area is 181 Å². The molecule has 2 aliphatic rings. The fourth-order valence-corrected chi connectivity index (χ4v) is 4.55. The third-order valence-electron chi connectivity index (χ3n) is 6.30. The highest BCUT2D eigenvalue weighted by atomic mass is 16.6. The molecule has 0 radical (unpaired) electrons. The Morgan fingerprint density at radius 2 is 1.78 bits per heavy atom. The minimum absolute atomic E-state index is 0.0892. The summed E-state index contributed by atoms with van der Waals surface area (Å²) in [7, 11) is 0. The molecule has 162 valence electrons. The lowest BCUT2D eigenvalue weighted by Crippen LogP contribution is -2.40. The number of non-ortho nitro benzene ring substituents is 1. The molecule has 1 N–H and O–H groups in total.